The third-order valence-electron chi connectivity index (χ3n) is 2.83. The van der Waals surface area contributed by atoms with Crippen LogP contribution in [0.5, 0.6) is 5.75 Å². The predicted octanol–water partition coefficient (Wildman–Crippen LogP) is 3.80. The molecule has 0 saturated carbocycles. The molecule has 3 nitrogen and oxygen atoms in total. The van der Waals surface area contributed by atoms with Gasteiger partial charge in [-0.2, -0.15) is 10.5 Å². The first-order valence-electron chi connectivity index (χ1n) is 6.23. The van der Waals surface area contributed by atoms with Crippen molar-refractivity contribution in [1.82, 2.24) is 0 Å². The smallest absolute Gasteiger partial charge is 0.138 e. The van der Waals surface area contributed by atoms with Gasteiger partial charge >= 0.3 is 0 Å². The molecule has 0 aliphatic rings. The lowest BCUT2D eigenvalue weighted by Gasteiger charge is -2.23. The second-order valence-electron chi connectivity index (χ2n) is 4.96. The van der Waals surface area contributed by atoms with E-state index in [1.807, 2.05) is 19.1 Å². The monoisotopic (exact) mass is 254 g/mol. The van der Waals surface area contributed by atoms with Crippen LogP contribution >= 0.6 is 0 Å². The molecule has 0 heterocycles. The minimum atomic E-state index is -0.0430. The van der Waals surface area contributed by atoms with Crippen LogP contribution in [0.15, 0.2) is 30.4 Å². The van der Waals surface area contributed by atoms with Crippen molar-refractivity contribution in [3.8, 4) is 17.9 Å². The fraction of sp³-hybridized carbons (Fsp3) is 0.375. The van der Waals surface area contributed by atoms with E-state index in [0.29, 0.717) is 22.8 Å². The maximum atomic E-state index is 9.17. The molecule has 0 saturated heterocycles. The van der Waals surface area contributed by atoms with Crippen molar-refractivity contribution in [2.75, 3.05) is 0 Å². The summed E-state index contributed by atoms with van der Waals surface area (Å²) in [6.07, 6.45) is 0.692. The summed E-state index contributed by atoms with van der Waals surface area (Å²) in [7, 11) is 0. The number of benzene rings is 1. The topological polar surface area (TPSA) is 56.8 Å². The van der Waals surface area contributed by atoms with Crippen molar-refractivity contribution >= 4 is 0 Å². The molecule has 0 spiro atoms. The van der Waals surface area contributed by atoms with Crippen LogP contribution in [0.4, 0.5) is 0 Å². The lowest BCUT2D eigenvalue weighted by molar-refractivity contribution is 0.151. The molecule has 1 aromatic carbocycles. The van der Waals surface area contributed by atoms with E-state index in [1.165, 1.54) is 0 Å². The third-order valence-corrected chi connectivity index (χ3v) is 2.83. The zero-order valence-electron chi connectivity index (χ0n) is 11.6. The van der Waals surface area contributed by atoms with Gasteiger partial charge in [0.15, 0.2) is 0 Å². The highest BCUT2D eigenvalue weighted by molar-refractivity contribution is 5.53. The second-order valence-corrected chi connectivity index (χ2v) is 4.96. The summed E-state index contributed by atoms with van der Waals surface area (Å²) in [5, 5.41) is 18.2. The van der Waals surface area contributed by atoms with Crippen LogP contribution in [0.25, 0.3) is 0 Å². The average molecular weight is 254 g/mol. The number of nitriles is 2. The standard InChI is InChI=1S/C16H18N2O/c1-11(2)8-16(12(3)4)19-15-7-5-6-13(9-17)14(15)10-18/h5-7,12,16H,1,8H2,2-4H3. The van der Waals surface area contributed by atoms with Crippen LogP contribution in [0, 0.1) is 28.6 Å². The SMILES string of the molecule is C=C(C)CC(Oc1cccc(C#N)c1C#N)C(C)C. The average Bonchev–Trinajstić information content (AvgIpc) is 2.36. The van der Waals surface area contributed by atoms with Gasteiger partial charge in [0.25, 0.3) is 0 Å². The molecule has 19 heavy (non-hydrogen) atoms. The fourth-order valence-electron chi connectivity index (χ4n) is 1.76. The molecule has 1 aromatic rings. The molecule has 1 rings (SSSR count). The Labute approximate surface area is 114 Å². The van der Waals surface area contributed by atoms with E-state index in [9.17, 15) is 0 Å². The number of hydrogen-bond donors (Lipinski definition) is 0. The molecule has 3 heteroatoms. The van der Waals surface area contributed by atoms with E-state index in [4.69, 9.17) is 15.3 Å². The van der Waals surface area contributed by atoms with Gasteiger partial charge in [-0.1, -0.05) is 25.5 Å². The van der Waals surface area contributed by atoms with Crippen molar-refractivity contribution in [2.24, 2.45) is 5.92 Å². The van der Waals surface area contributed by atoms with Crippen LogP contribution in [-0.2, 0) is 0 Å². The highest BCUT2D eigenvalue weighted by Gasteiger charge is 2.18. The molecule has 0 N–H and O–H groups in total. The number of rotatable bonds is 5. The lowest BCUT2D eigenvalue weighted by Crippen LogP contribution is -2.23. The molecule has 0 radical (unpaired) electrons. The Bertz CT molecular complexity index is 547. The first-order valence-corrected chi connectivity index (χ1v) is 6.23. The summed E-state index contributed by atoms with van der Waals surface area (Å²) in [6, 6.07) is 9.13. The summed E-state index contributed by atoms with van der Waals surface area (Å²) >= 11 is 0. The molecule has 0 aromatic heterocycles. The second kappa shape index (κ2) is 6.61. The van der Waals surface area contributed by atoms with Gasteiger partial charge in [0.05, 0.1) is 5.56 Å². The molecule has 0 fully saturated rings. The Hall–Kier alpha value is -2.26. The zero-order valence-corrected chi connectivity index (χ0v) is 11.6. The number of nitrogens with zero attached hydrogens (tertiary/aromatic N) is 2. The molecule has 1 unspecified atom stereocenters. The van der Waals surface area contributed by atoms with Crippen molar-refractivity contribution < 1.29 is 4.74 Å². The van der Waals surface area contributed by atoms with E-state index >= 15 is 0 Å². The third kappa shape index (κ3) is 3.86. The maximum absolute atomic E-state index is 9.17. The fourth-order valence-corrected chi connectivity index (χ4v) is 1.76. The first kappa shape index (κ1) is 14.8. The normalized spacial score (nSPS) is 11.5. The summed E-state index contributed by atoms with van der Waals surface area (Å²) in [4.78, 5) is 0. The molecule has 0 bridgehead atoms. The van der Waals surface area contributed by atoms with Crippen LogP contribution in [-0.4, -0.2) is 6.10 Å². The van der Waals surface area contributed by atoms with Crippen LogP contribution in [0.1, 0.15) is 38.3 Å². The van der Waals surface area contributed by atoms with E-state index in [1.54, 1.807) is 18.2 Å². The molecular weight excluding hydrogens is 236 g/mol. The summed E-state index contributed by atoms with van der Waals surface area (Å²) in [5.41, 5.74) is 1.68. The largest absolute Gasteiger partial charge is 0.488 e. The van der Waals surface area contributed by atoms with Gasteiger partial charge in [-0.15, -0.1) is 6.58 Å². The molecule has 0 amide bonds. The van der Waals surface area contributed by atoms with Gasteiger partial charge in [0.1, 0.15) is 29.6 Å². The minimum absolute atomic E-state index is 0.0430. The number of hydrogen-bond acceptors (Lipinski definition) is 3. The summed E-state index contributed by atoms with van der Waals surface area (Å²) < 4.78 is 5.92. The Balaban J connectivity index is 3.07. The van der Waals surface area contributed by atoms with Gasteiger partial charge in [-0.05, 0) is 25.0 Å². The quantitative estimate of drug-likeness (QED) is 0.751. The van der Waals surface area contributed by atoms with E-state index in [0.717, 1.165) is 12.0 Å². The molecule has 98 valence electrons. The molecule has 1 atom stereocenters. The van der Waals surface area contributed by atoms with E-state index in [2.05, 4.69) is 20.4 Å². The zero-order chi connectivity index (χ0) is 14.4. The Morgan fingerprint density at radius 3 is 2.47 bits per heavy atom. The predicted molar refractivity (Wildman–Crippen MR) is 74.6 cm³/mol. The molecular formula is C16H18N2O. The van der Waals surface area contributed by atoms with E-state index < -0.39 is 0 Å². The van der Waals surface area contributed by atoms with Crippen molar-refractivity contribution in [3.05, 3.63) is 41.5 Å². The summed E-state index contributed by atoms with van der Waals surface area (Å²) in [5.74, 6) is 0.774. The first-order chi connectivity index (χ1) is 8.99. The highest BCUT2D eigenvalue weighted by Crippen LogP contribution is 2.25. The van der Waals surface area contributed by atoms with Crippen molar-refractivity contribution in [3.63, 3.8) is 0 Å². The van der Waals surface area contributed by atoms with E-state index in [-0.39, 0.29) is 6.10 Å². The number of ether oxygens (including phenoxy) is 1. The van der Waals surface area contributed by atoms with Gasteiger partial charge in [0.2, 0.25) is 0 Å². The minimum Gasteiger partial charge on any atom is -0.488 e. The highest BCUT2D eigenvalue weighted by atomic mass is 16.5. The Morgan fingerprint density at radius 1 is 1.32 bits per heavy atom. The maximum Gasteiger partial charge on any atom is 0.138 e. The van der Waals surface area contributed by atoms with Gasteiger partial charge in [-0.25, -0.2) is 0 Å². The lowest BCUT2D eigenvalue weighted by atomic mass is 10.00. The van der Waals surface area contributed by atoms with Crippen molar-refractivity contribution in [2.45, 2.75) is 33.3 Å². The van der Waals surface area contributed by atoms with Gasteiger partial charge in [-0.3, -0.25) is 0 Å². The van der Waals surface area contributed by atoms with Gasteiger partial charge < -0.3 is 4.74 Å². The summed E-state index contributed by atoms with van der Waals surface area (Å²) in [6.45, 7) is 9.98. The Morgan fingerprint density at radius 2 is 2.00 bits per heavy atom. The van der Waals surface area contributed by atoms with Crippen LogP contribution < -0.4 is 4.74 Å². The van der Waals surface area contributed by atoms with Crippen molar-refractivity contribution in [1.29, 1.82) is 10.5 Å². The van der Waals surface area contributed by atoms with Crippen LogP contribution in [0.3, 0.4) is 0 Å². The molecule has 0 aliphatic heterocycles. The molecule has 0 aliphatic carbocycles. The van der Waals surface area contributed by atoms with Crippen LogP contribution in [0.2, 0.25) is 0 Å². The van der Waals surface area contributed by atoms with Gasteiger partial charge in [0, 0.05) is 6.42 Å². The Kier molecular flexibility index (Phi) is 5.15.